The Labute approximate surface area is 105 Å². The van der Waals surface area contributed by atoms with Crippen LogP contribution in [-0.4, -0.2) is 24.5 Å². The van der Waals surface area contributed by atoms with Crippen LogP contribution in [0.2, 0.25) is 0 Å². The summed E-state index contributed by atoms with van der Waals surface area (Å²) in [4.78, 5) is 12.1. The number of hydrogen-bond acceptors (Lipinski definition) is 2. The van der Waals surface area contributed by atoms with Crippen molar-refractivity contribution >= 4 is 5.91 Å². The highest BCUT2D eigenvalue weighted by Gasteiger charge is 2.27. The molecule has 1 amide bonds. The minimum Gasteiger partial charge on any atom is -0.352 e. The topological polar surface area (TPSA) is 41.1 Å². The van der Waals surface area contributed by atoms with Crippen LogP contribution in [0.15, 0.2) is 0 Å². The van der Waals surface area contributed by atoms with Crippen molar-refractivity contribution in [3.05, 3.63) is 0 Å². The first-order valence-corrected chi connectivity index (χ1v) is 7.35. The van der Waals surface area contributed by atoms with Crippen molar-refractivity contribution < 1.29 is 4.79 Å². The van der Waals surface area contributed by atoms with E-state index in [1.165, 1.54) is 32.1 Å². The number of amides is 1. The smallest absolute Gasteiger partial charge is 0.237 e. The Morgan fingerprint density at radius 2 is 2.00 bits per heavy atom. The van der Waals surface area contributed by atoms with Crippen molar-refractivity contribution in [3.63, 3.8) is 0 Å². The average molecular weight is 238 g/mol. The molecule has 3 heteroatoms. The largest absolute Gasteiger partial charge is 0.352 e. The standard InChI is InChI=1S/C14H26N2O/c1-2-12(11-7-4-3-5-8-11)16-14(17)13-9-6-10-15-13/h11-13,15H,2-10H2,1H3,(H,16,17)/t12?,13-/m0/s1. The third-order valence-electron chi connectivity index (χ3n) is 4.36. The normalized spacial score (nSPS) is 27.9. The summed E-state index contributed by atoms with van der Waals surface area (Å²) in [7, 11) is 0. The zero-order chi connectivity index (χ0) is 12.1. The second-order valence-corrected chi connectivity index (χ2v) is 5.57. The van der Waals surface area contributed by atoms with Gasteiger partial charge in [-0.3, -0.25) is 4.79 Å². The Morgan fingerprint density at radius 1 is 1.24 bits per heavy atom. The van der Waals surface area contributed by atoms with Gasteiger partial charge in [0.15, 0.2) is 0 Å². The maximum absolute atomic E-state index is 12.1. The SMILES string of the molecule is CCC(NC(=O)[C@@H]1CCCN1)C1CCCCC1. The molecule has 1 saturated carbocycles. The predicted octanol–water partition coefficient (Wildman–Crippen LogP) is 2.21. The summed E-state index contributed by atoms with van der Waals surface area (Å²) in [6.45, 7) is 3.19. The van der Waals surface area contributed by atoms with E-state index in [9.17, 15) is 4.79 Å². The van der Waals surface area contributed by atoms with Gasteiger partial charge < -0.3 is 10.6 Å². The minimum atomic E-state index is 0.0765. The van der Waals surface area contributed by atoms with E-state index in [2.05, 4.69) is 17.6 Å². The monoisotopic (exact) mass is 238 g/mol. The molecule has 2 atom stereocenters. The van der Waals surface area contributed by atoms with Gasteiger partial charge in [0.25, 0.3) is 0 Å². The van der Waals surface area contributed by atoms with Gasteiger partial charge in [0.05, 0.1) is 6.04 Å². The maximum Gasteiger partial charge on any atom is 0.237 e. The number of carbonyl (C=O) groups is 1. The lowest BCUT2D eigenvalue weighted by atomic mass is 9.83. The van der Waals surface area contributed by atoms with E-state index in [0.717, 1.165) is 31.7 Å². The Hall–Kier alpha value is -0.570. The van der Waals surface area contributed by atoms with Gasteiger partial charge in [-0.25, -0.2) is 0 Å². The molecule has 2 aliphatic rings. The van der Waals surface area contributed by atoms with Gasteiger partial charge in [0.2, 0.25) is 5.91 Å². The highest BCUT2D eigenvalue weighted by Crippen LogP contribution is 2.27. The Kier molecular flexibility index (Phi) is 4.84. The van der Waals surface area contributed by atoms with Crippen LogP contribution in [0, 0.1) is 5.92 Å². The summed E-state index contributed by atoms with van der Waals surface area (Å²) >= 11 is 0. The van der Waals surface area contributed by atoms with Crippen molar-refractivity contribution in [3.8, 4) is 0 Å². The molecule has 1 saturated heterocycles. The molecule has 3 nitrogen and oxygen atoms in total. The first kappa shape index (κ1) is 12.9. The van der Waals surface area contributed by atoms with E-state index in [4.69, 9.17) is 0 Å². The zero-order valence-electron chi connectivity index (χ0n) is 11.0. The van der Waals surface area contributed by atoms with Gasteiger partial charge in [-0.1, -0.05) is 26.2 Å². The molecule has 2 rings (SSSR count). The van der Waals surface area contributed by atoms with Crippen LogP contribution in [0.5, 0.6) is 0 Å². The molecule has 0 aromatic rings. The number of carbonyl (C=O) groups excluding carboxylic acids is 1. The molecule has 98 valence electrons. The quantitative estimate of drug-likeness (QED) is 0.788. The summed E-state index contributed by atoms with van der Waals surface area (Å²) < 4.78 is 0. The average Bonchev–Trinajstić information content (AvgIpc) is 2.90. The second kappa shape index (κ2) is 6.39. The number of nitrogens with one attached hydrogen (secondary N) is 2. The van der Waals surface area contributed by atoms with Crippen molar-refractivity contribution in [2.24, 2.45) is 5.92 Å². The first-order valence-electron chi connectivity index (χ1n) is 7.35. The van der Waals surface area contributed by atoms with Gasteiger partial charge in [-0.05, 0) is 44.6 Å². The third kappa shape index (κ3) is 3.44. The summed E-state index contributed by atoms with van der Waals surface area (Å²) in [6, 6.07) is 0.484. The van der Waals surface area contributed by atoms with Gasteiger partial charge in [-0.15, -0.1) is 0 Å². The van der Waals surface area contributed by atoms with Crippen LogP contribution in [0.1, 0.15) is 58.3 Å². The summed E-state index contributed by atoms with van der Waals surface area (Å²) in [5.74, 6) is 0.957. The van der Waals surface area contributed by atoms with Crippen LogP contribution in [0.25, 0.3) is 0 Å². The molecule has 2 fully saturated rings. The van der Waals surface area contributed by atoms with Gasteiger partial charge in [0.1, 0.15) is 0 Å². The Balaban J connectivity index is 1.82. The van der Waals surface area contributed by atoms with E-state index in [1.54, 1.807) is 0 Å². The van der Waals surface area contributed by atoms with Crippen molar-refractivity contribution in [1.82, 2.24) is 10.6 Å². The van der Waals surface area contributed by atoms with E-state index in [1.807, 2.05) is 0 Å². The number of hydrogen-bond donors (Lipinski definition) is 2. The van der Waals surface area contributed by atoms with E-state index < -0.39 is 0 Å². The highest BCUT2D eigenvalue weighted by atomic mass is 16.2. The lowest BCUT2D eigenvalue weighted by Crippen LogP contribution is -2.48. The molecule has 0 aromatic heterocycles. The molecule has 2 N–H and O–H groups in total. The van der Waals surface area contributed by atoms with Crippen LogP contribution in [0.3, 0.4) is 0 Å². The fourth-order valence-corrected chi connectivity index (χ4v) is 3.28. The van der Waals surface area contributed by atoms with Gasteiger partial charge in [-0.2, -0.15) is 0 Å². The lowest BCUT2D eigenvalue weighted by Gasteiger charge is -2.31. The first-order chi connectivity index (χ1) is 8.31. The fraction of sp³-hybridized carbons (Fsp3) is 0.929. The molecule has 17 heavy (non-hydrogen) atoms. The van der Waals surface area contributed by atoms with Crippen molar-refractivity contribution in [2.45, 2.75) is 70.4 Å². The molecule has 0 spiro atoms. The summed E-state index contributed by atoms with van der Waals surface area (Å²) in [5.41, 5.74) is 0. The highest BCUT2D eigenvalue weighted by molar-refractivity contribution is 5.82. The summed E-state index contributed by atoms with van der Waals surface area (Å²) in [6.07, 6.45) is 9.89. The maximum atomic E-state index is 12.1. The molecule has 1 heterocycles. The fourth-order valence-electron chi connectivity index (χ4n) is 3.28. The van der Waals surface area contributed by atoms with E-state index in [-0.39, 0.29) is 11.9 Å². The molecule has 1 aliphatic heterocycles. The van der Waals surface area contributed by atoms with Gasteiger partial charge in [0, 0.05) is 6.04 Å². The third-order valence-corrected chi connectivity index (χ3v) is 4.36. The number of rotatable bonds is 4. The molecule has 0 aromatic carbocycles. The molecule has 1 unspecified atom stereocenters. The molecular weight excluding hydrogens is 212 g/mol. The Bertz CT molecular complexity index is 243. The molecular formula is C14H26N2O. The summed E-state index contributed by atoms with van der Waals surface area (Å²) in [5, 5.41) is 6.55. The van der Waals surface area contributed by atoms with Gasteiger partial charge >= 0.3 is 0 Å². The second-order valence-electron chi connectivity index (χ2n) is 5.57. The minimum absolute atomic E-state index is 0.0765. The van der Waals surface area contributed by atoms with Crippen LogP contribution < -0.4 is 10.6 Å². The zero-order valence-corrected chi connectivity index (χ0v) is 11.0. The Morgan fingerprint density at radius 3 is 2.59 bits per heavy atom. The molecule has 1 aliphatic carbocycles. The van der Waals surface area contributed by atoms with E-state index >= 15 is 0 Å². The molecule has 0 radical (unpaired) electrons. The van der Waals surface area contributed by atoms with Crippen LogP contribution >= 0.6 is 0 Å². The van der Waals surface area contributed by atoms with Crippen LogP contribution in [-0.2, 0) is 4.79 Å². The predicted molar refractivity (Wildman–Crippen MR) is 69.8 cm³/mol. The van der Waals surface area contributed by atoms with Crippen molar-refractivity contribution in [2.75, 3.05) is 6.54 Å². The van der Waals surface area contributed by atoms with E-state index in [0.29, 0.717) is 6.04 Å². The lowest BCUT2D eigenvalue weighted by molar-refractivity contribution is -0.124. The molecule has 0 bridgehead atoms. The van der Waals surface area contributed by atoms with Crippen LogP contribution in [0.4, 0.5) is 0 Å². The van der Waals surface area contributed by atoms with Crippen molar-refractivity contribution in [1.29, 1.82) is 0 Å².